The van der Waals surface area contributed by atoms with E-state index in [1.165, 1.54) is 18.6 Å². The number of hydrogen-bond acceptors (Lipinski definition) is 2. The van der Waals surface area contributed by atoms with Crippen LogP contribution < -0.4 is 0 Å². The first kappa shape index (κ1) is 13.4. The zero-order chi connectivity index (χ0) is 13.1. The third-order valence-corrected chi connectivity index (χ3v) is 3.67. The fourth-order valence-corrected chi connectivity index (χ4v) is 2.52. The van der Waals surface area contributed by atoms with Gasteiger partial charge in [-0.05, 0) is 32.4 Å². The van der Waals surface area contributed by atoms with E-state index in [9.17, 15) is 13.9 Å². The molecule has 1 fully saturated rings. The summed E-state index contributed by atoms with van der Waals surface area (Å²) in [5, 5.41) is 10.1. The second kappa shape index (κ2) is 5.76. The molecule has 2 nitrogen and oxygen atoms in total. The molecule has 1 saturated heterocycles. The molecular weight excluding hydrogens is 236 g/mol. The van der Waals surface area contributed by atoms with Crippen molar-refractivity contribution in [1.29, 1.82) is 0 Å². The summed E-state index contributed by atoms with van der Waals surface area (Å²) in [6.07, 6.45) is 2.53. The van der Waals surface area contributed by atoms with Crippen molar-refractivity contribution in [2.75, 3.05) is 13.1 Å². The predicted molar refractivity (Wildman–Crippen MR) is 66.2 cm³/mol. The standard InChI is InChI=1S/C14H19F2NO/c1-10-4-2-3-7-17(10)9-14(18)12-6-5-11(15)8-13(12)16/h5-6,8,10,14,18H,2-4,7,9H2,1H3. The minimum Gasteiger partial charge on any atom is -0.387 e. The Morgan fingerprint density at radius 3 is 2.83 bits per heavy atom. The zero-order valence-corrected chi connectivity index (χ0v) is 10.6. The summed E-state index contributed by atoms with van der Waals surface area (Å²) >= 11 is 0. The van der Waals surface area contributed by atoms with Gasteiger partial charge in [0.1, 0.15) is 11.6 Å². The third-order valence-electron chi connectivity index (χ3n) is 3.67. The minimum absolute atomic E-state index is 0.175. The summed E-state index contributed by atoms with van der Waals surface area (Å²) in [7, 11) is 0. The highest BCUT2D eigenvalue weighted by atomic mass is 19.1. The lowest BCUT2D eigenvalue weighted by Crippen LogP contribution is -2.40. The van der Waals surface area contributed by atoms with Crippen molar-refractivity contribution in [2.24, 2.45) is 0 Å². The van der Waals surface area contributed by atoms with Gasteiger partial charge in [0, 0.05) is 24.2 Å². The SMILES string of the molecule is CC1CCCCN1CC(O)c1ccc(F)cc1F. The van der Waals surface area contributed by atoms with Gasteiger partial charge in [-0.3, -0.25) is 4.90 Å². The maximum Gasteiger partial charge on any atom is 0.131 e. The third kappa shape index (κ3) is 3.06. The van der Waals surface area contributed by atoms with Crippen molar-refractivity contribution in [3.63, 3.8) is 0 Å². The molecule has 1 aromatic rings. The van der Waals surface area contributed by atoms with Crippen LogP contribution in [0.3, 0.4) is 0 Å². The van der Waals surface area contributed by atoms with Crippen LogP contribution in [0.1, 0.15) is 37.9 Å². The summed E-state index contributed by atoms with van der Waals surface area (Å²) in [6.45, 7) is 3.46. The molecule has 0 aliphatic carbocycles. The quantitative estimate of drug-likeness (QED) is 0.897. The molecule has 1 N–H and O–H groups in total. The van der Waals surface area contributed by atoms with Gasteiger partial charge in [-0.15, -0.1) is 0 Å². The van der Waals surface area contributed by atoms with Crippen molar-refractivity contribution < 1.29 is 13.9 Å². The second-order valence-corrected chi connectivity index (χ2v) is 5.02. The summed E-state index contributed by atoms with van der Waals surface area (Å²) in [4.78, 5) is 2.16. The maximum atomic E-state index is 13.5. The molecule has 2 unspecified atom stereocenters. The second-order valence-electron chi connectivity index (χ2n) is 5.02. The van der Waals surface area contributed by atoms with Gasteiger partial charge in [0.05, 0.1) is 6.10 Å². The van der Waals surface area contributed by atoms with Gasteiger partial charge in [0.2, 0.25) is 0 Å². The van der Waals surface area contributed by atoms with Crippen LogP contribution in [0.4, 0.5) is 8.78 Å². The number of β-amino-alcohol motifs (C(OH)–C–C–N with tert-alkyl or cyclic N) is 1. The lowest BCUT2D eigenvalue weighted by molar-refractivity contribution is 0.0712. The van der Waals surface area contributed by atoms with Crippen molar-refractivity contribution in [2.45, 2.75) is 38.3 Å². The van der Waals surface area contributed by atoms with Crippen LogP contribution in [0.2, 0.25) is 0 Å². The molecule has 0 aromatic heterocycles. The maximum absolute atomic E-state index is 13.5. The van der Waals surface area contributed by atoms with Crippen molar-refractivity contribution in [3.05, 3.63) is 35.4 Å². The molecule has 2 atom stereocenters. The van der Waals surface area contributed by atoms with Gasteiger partial charge in [0.15, 0.2) is 0 Å². The van der Waals surface area contributed by atoms with Crippen molar-refractivity contribution in [3.8, 4) is 0 Å². The lowest BCUT2D eigenvalue weighted by atomic mass is 10.0. The number of nitrogens with zero attached hydrogens (tertiary/aromatic N) is 1. The van der Waals surface area contributed by atoms with Crippen molar-refractivity contribution >= 4 is 0 Å². The molecule has 0 saturated carbocycles. The van der Waals surface area contributed by atoms with Gasteiger partial charge in [-0.1, -0.05) is 12.5 Å². The van der Waals surface area contributed by atoms with Gasteiger partial charge in [-0.2, -0.15) is 0 Å². The van der Waals surface area contributed by atoms with E-state index in [0.29, 0.717) is 12.6 Å². The molecule has 1 heterocycles. The number of likely N-dealkylation sites (tertiary alicyclic amines) is 1. The molecule has 1 aromatic carbocycles. The molecule has 1 aliphatic heterocycles. The first-order valence-electron chi connectivity index (χ1n) is 6.45. The molecule has 4 heteroatoms. The number of halogens is 2. The minimum atomic E-state index is -0.897. The number of aliphatic hydroxyl groups excluding tert-OH is 1. The monoisotopic (exact) mass is 255 g/mol. The molecular formula is C14H19F2NO. The smallest absolute Gasteiger partial charge is 0.131 e. The van der Waals surface area contributed by atoms with Gasteiger partial charge >= 0.3 is 0 Å². The summed E-state index contributed by atoms with van der Waals surface area (Å²) in [5.41, 5.74) is 0.175. The van der Waals surface area contributed by atoms with Gasteiger partial charge < -0.3 is 5.11 Å². The average molecular weight is 255 g/mol. The fourth-order valence-electron chi connectivity index (χ4n) is 2.52. The van der Waals surface area contributed by atoms with E-state index in [0.717, 1.165) is 25.5 Å². The van der Waals surface area contributed by atoms with Crippen LogP contribution in [-0.2, 0) is 0 Å². The van der Waals surface area contributed by atoms with E-state index < -0.39 is 17.7 Å². The van der Waals surface area contributed by atoms with E-state index in [-0.39, 0.29) is 5.56 Å². The molecule has 0 spiro atoms. The van der Waals surface area contributed by atoms with Crippen molar-refractivity contribution in [1.82, 2.24) is 4.90 Å². The molecule has 1 aliphatic rings. The number of aliphatic hydroxyl groups is 1. The average Bonchev–Trinajstić information content (AvgIpc) is 2.32. The normalized spacial score (nSPS) is 23.0. The summed E-state index contributed by atoms with van der Waals surface area (Å²) in [6, 6.07) is 3.74. The molecule has 100 valence electrons. The highest BCUT2D eigenvalue weighted by Crippen LogP contribution is 2.23. The highest BCUT2D eigenvalue weighted by Gasteiger charge is 2.22. The molecule has 18 heavy (non-hydrogen) atoms. The van der Waals surface area contributed by atoms with Crippen LogP contribution in [0.25, 0.3) is 0 Å². The lowest BCUT2D eigenvalue weighted by Gasteiger charge is -2.34. The number of hydrogen-bond donors (Lipinski definition) is 1. The Labute approximate surface area is 106 Å². The van der Waals surface area contributed by atoms with Crippen LogP contribution >= 0.6 is 0 Å². The Kier molecular flexibility index (Phi) is 4.30. The summed E-state index contributed by atoms with van der Waals surface area (Å²) in [5.74, 6) is -1.29. The Hall–Kier alpha value is -1.00. The molecule has 0 bridgehead atoms. The Bertz CT molecular complexity index is 411. The fraction of sp³-hybridized carbons (Fsp3) is 0.571. The van der Waals surface area contributed by atoms with Crippen LogP contribution in [-0.4, -0.2) is 29.1 Å². The molecule has 2 rings (SSSR count). The largest absolute Gasteiger partial charge is 0.387 e. The number of piperidine rings is 1. The number of rotatable bonds is 3. The first-order chi connectivity index (χ1) is 8.58. The van der Waals surface area contributed by atoms with Gasteiger partial charge in [-0.25, -0.2) is 8.78 Å². The van der Waals surface area contributed by atoms with E-state index >= 15 is 0 Å². The highest BCUT2D eigenvalue weighted by molar-refractivity contribution is 5.21. The molecule has 0 amide bonds. The van der Waals surface area contributed by atoms with Crippen LogP contribution in [0.5, 0.6) is 0 Å². The topological polar surface area (TPSA) is 23.5 Å². The predicted octanol–water partition coefficient (Wildman–Crippen LogP) is 2.87. The first-order valence-corrected chi connectivity index (χ1v) is 6.45. The summed E-state index contributed by atoms with van der Waals surface area (Å²) < 4.78 is 26.3. The van der Waals surface area contributed by atoms with E-state index in [1.807, 2.05) is 0 Å². The van der Waals surface area contributed by atoms with E-state index in [2.05, 4.69) is 11.8 Å². The molecule has 0 radical (unpaired) electrons. The van der Waals surface area contributed by atoms with Crippen LogP contribution in [0.15, 0.2) is 18.2 Å². The van der Waals surface area contributed by atoms with Gasteiger partial charge in [0.25, 0.3) is 0 Å². The van der Waals surface area contributed by atoms with Crippen LogP contribution in [0, 0.1) is 11.6 Å². The number of benzene rings is 1. The Morgan fingerprint density at radius 1 is 1.39 bits per heavy atom. The Morgan fingerprint density at radius 2 is 2.17 bits per heavy atom. The Balaban J connectivity index is 2.04. The zero-order valence-electron chi connectivity index (χ0n) is 10.6. The van der Waals surface area contributed by atoms with E-state index in [1.54, 1.807) is 0 Å². The van der Waals surface area contributed by atoms with E-state index in [4.69, 9.17) is 0 Å².